The van der Waals surface area contributed by atoms with Gasteiger partial charge in [0.15, 0.2) is 11.5 Å². The number of fused-ring (bicyclic) bond motifs is 1. The SMILES string of the molecule is CCOc1ccc(C(=O)Nc2ccc3c(C)c(C)c(=O)[nH]c3c2)cc1OCC. The molecule has 3 aromatic rings. The number of anilines is 1. The summed E-state index contributed by atoms with van der Waals surface area (Å²) in [5.41, 5.74) is 3.25. The maximum Gasteiger partial charge on any atom is 0.255 e. The highest BCUT2D eigenvalue weighted by molar-refractivity contribution is 6.05. The summed E-state index contributed by atoms with van der Waals surface area (Å²) in [4.78, 5) is 27.6. The molecule has 2 aromatic carbocycles. The molecule has 0 aliphatic carbocycles. The van der Waals surface area contributed by atoms with Crippen LogP contribution in [0.25, 0.3) is 10.9 Å². The van der Waals surface area contributed by atoms with Gasteiger partial charge in [0.25, 0.3) is 11.5 Å². The van der Waals surface area contributed by atoms with Crippen molar-refractivity contribution in [1.82, 2.24) is 4.98 Å². The molecule has 1 heterocycles. The number of pyridine rings is 1. The van der Waals surface area contributed by atoms with Crippen molar-refractivity contribution in [3.8, 4) is 11.5 Å². The van der Waals surface area contributed by atoms with Crippen molar-refractivity contribution < 1.29 is 14.3 Å². The monoisotopic (exact) mass is 380 g/mol. The first-order chi connectivity index (χ1) is 13.4. The van der Waals surface area contributed by atoms with Gasteiger partial charge < -0.3 is 19.8 Å². The number of hydrogen-bond acceptors (Lipinski definition) is 4. The van der Waals surface area contributed by atoms with E-state index in [2.05, 4.69) is 10.3 Å². The van der Waals surface area contributed by atoms with E-state index in [1.54, 1.807) is 31.2 Å². The molecule has 2 N–H and O–H groups in total. The Labute approximate surface area is 163 Å². The summed E-state index contributed by atoms with van der Waals surface area (Å²) in [5.74, 6) is 0.871. The highest BCUT2D eigenvalue weighted by atomic mass is 16.5. The number of carbonyl (C=O) groups excluding carboxylic acids is 1. The Morgan fingerprint density at radius 1 is 0.964 bits per heavy atom. The number of rotatable bonds is 6. The first-order valence-electron chi connectivity index (χ1n) is 9.28. The number of hydrogen-bond donors (Lipinski definition) is 2. The van der Waals surface area contributed by atoms with Crippen LogP contribution < -0.4 is 20.3 Å². The van der Waals surface area contributed by atoms with Gasteiger partial charge in [-0.2, -0.15) is 0 Å². The molecule has 0 unspecified atom stereocenters. The summed E-state index contributed by atoms with van der Waals surface area (Å²) in [7, 11) is 0. The van der Waals surface area contributed by atoms with Gasteiger partial charge in [0, 0.05) is 22.2 Å². The second-order valence-electron chi connectivity index (χ2n) is 6.45. The molecule has 6 heteroatoms. The normalized spacial score (nSPS) is 10.7. The smallest absolute Gasteiger partial charge is 0.255 e. The molecule has 0 saturated heterocycles. The minimum Gasteiger partial charge on any atom is -0.490 e. The van der Waals surface area contributed by atoms with Crippen molar-refractivity contribution in [2.24, 2.45) is 0 Å². The Bertz CT molecular complexity index is 1090. The fourth-order valence-electron chi connectivity index (χ4n) is 3.04. The maximum absolute atomic E-state index is 12.7. The van der Waals surface area contributed by atoms with E-state index in [0.29, 0.717) is 47.0 Å². The van der Waals surface area contributed by atoms with Gasteiger partial charge in [-0.05, 0) is 63.6 Å². The van der Waals surface area contributed by atoms with Crippen molar-refractivity contribution in [2.75, 3.05) is 18.5 Å². The largest absolute Gasteiger partial charge is 0.490 e. The lowest BCUT2D eigenvalue weighted by Gasteiger charge is -2.13. The molecule has 0 aliphatic rings. The summed E-state index contributed by atoms with van der Waals surface area (Å²) in [6.45, 7) is 8.47. The molecule has 3 rings (SSSR count). The highest BCUT2D eigenvalue weighted by Gasteiger charge is 2.13. The second kappa shape index (κ2) is 8.17. The Balaban J connectivity index is 1.89. The third-order valence-electron chi connectivity index (χ3n) is 4.64. The van der Waals surface area contributed by atoms with Gasteiger partial charge in [0.2, 0.25) is 0 Å². The predicted molar refractivity (Wildman–Crippen MR) is 111 cm³/mol. The summed E-state index contributed by atoms with van der Waals surface area (Å²) in [6.07, 6.45) is 0. The Morgan fingerprint density at radius 2 is 1.68 bits per heavy atom. The number of amides is 1. The van der Waals surface area contributed by atoms with E-state index in [1.807, 2.05) is 32.9 Å². The van der Waals surface area contributed by atoms with Gasteiger partial charge in [-0.3, -0.25) is 9.59 Å². The molecular formula is C22H24N2O4. The van der Waals surface area contributed by atoms with Crippen LogP contribution in [0.2, 0.25) is 0 Å². The number of H-pyrrole nitrogens is 1. The van der Waals surface area contributed by atoms with Crippen LogP contribution in [-0.2, 0) is 0 Å². The molecule has 0 aliphatic heterocycles. The minimum absolute atomic E-state index is 0.124. The van der Waals surface area contributed by atoms with Gasteiger partial charge in [-0.1, -0.05) is 6.07 Å². The molecule has 0 radical (unpaired) electrons. The minimum atomic E-state index is -0.269. The molecule has 1 amide bonds. The summed E-state index contributed by atoms with van der Waals surface area (Å²) in [6, 6.07) is 10.6. The fourth-order valence-corrected chi connectivity index (χ4v) is 3.04. The van der Waals surface area contributed by atoms with Crippen molar-refractivity contribution >= 4 is 22.5 Å². The number of carbonyl (C=O) groups is 1. The highest BCUT2D eigenvalue weighted by Crippen LogP contribution is 2.29. The Morgan fingerprint density at radius 3 is 2.39 bits per heavy atom. The van der Waals surface area contributed by atoms with Crippen LogP contribution >= 0.6 is 0 Å². The maximum atomic E-state index is 12.7. The van der Waals surface area contributed by atoms with Crippen molar-refractivity contribution in [3.05, 3.63) is 63.4 Å². The third-order valence-corrected chi connectivity index (χ3v) is 4.64. The van der Waals surface area contributed by atoms with Crippen LogP contribution in [0.15, 0.2) is 41.2 Å². The number of benzene rings is 2. The first kappa shape index (κ1) is 19.5. The molecule has 0 saturated carbocycles. The van der Waals surface area contributed by atoms with Crippen LogP contribution in [0.1, 0.15) is 35.3 Å². The molecule has 0 atom stereocenters. The average molecular weight is 380 g/mol. The van der Waals surface area contributed by atoms with E-state index in [9.17, 15) is 9.59 Å². The van der Waals surface area contributed by atoms with Crippen molar-refractivity contribution in [1.29, 1.82) is 0 Å². The number of ether oxygens (including phenoxy) is 2. The van der Waals surface area contributed by atoms with Gasteiger partial charge in [-0.15, -0.1) is 0 Å². The number of aromatic amines is 1. The molecule has 28 heavy (non-hydrogen) atoms. The van der Waals surface area contributed by atoms with E-state index in [4.69, 9.17) is 9.47 Å². The Kier molecular flexibility index (Phi) is 5.68. The molecule has 0 bridgehead atoms. The van der Waals surface area contributed by atoms with Gasteiger partial charge in [-0.25, -0.2) is 0 Å². The predicted octanol–water partition coefficient (Wildman–Crippen LogP) is 4.19. The third kappa shape index (κ3) is 3.86. The lowest BCUT2D eigenvalue weighted by Crippen LogP contribution is -2.14. The lowest BCUT2D eigenvalue weighted by molar-refractivity contribution is 0.102. The lowest BCUT2D eigenvalue weighted by atomic mass is 10.1. The number of aromatic nitrogens is 1. The zero-order chi connectivity index (χ0) is 20.3. The van der Waals surface area contributed by atoms with Crippen LogP contribution in [0.4, 0.5) is 5.69 Å². The molecular weight excluding hydrogens is 356 g/mol. The first-order valence-corrected chi connectivity index (χ1v) is 9.28. The molecule has 0 spiro atoms. The van der Waals surface area contributed by atoms with E-state index < -0.39 is 0 Å². The summed E-state index contributed by atoms with van der Waals surface area (Å²) < 4.78 is 11.1. The van der Waals surface area contributed by atoms with E-state index in [0.717, 1.165) is 10.9 Å². The van der Waals surface area contributed by atoms with E-state index >= 15 is 0 Å². The molecule has 146 valence electrons. The quantitative estimate of drug-likeness (QED) is 0.672. The molecule has 6 nitrogen and oxygen atoms in total. The zero-order valence-corrected chi connectivity index (χ0v) is 16.5. The van der Waals surface area contributed by atoms with Crippen LogP contribution in [0, 0.1) is 13.8 Å². The van der Waals surface area contributed by atoms with Gasteiger partial charge >= 0.3 is 0 Å². The second-order valence-corrected chi connectivity index (χ2v) is 6.45. The van der Waals surface area contributed by atoms with Crippen LogP contribution in [0.3, 0.4) is 0 Å². The fraction of sp³-hybridized carbons (Fsp3) is 0.273. The van der Waals surface area contributed by atoms with Gasteiger partial charge in [0.05, 0.1) is 18.7 Å². The van der Waals surface area contributed by atoms with Gasteiger partial charge in [0.1, 0.15) is 0 Å². The topological polar surface area (TPSA) is 80.4 Å². The Hall–Kier alpha value is -3.28. The summed E-state index contributed by atoms with van der Waals surface area (Å²) in [5, 5.41) is 3.82. The van der Waals surface area contributed by atoms with Crippen LogP contribution in [-0.4, -0.2) is 24.1 Å². The molecule has 0 fully saturated rings. The standard InChI is InChI=1S/C22H24N2O4/c1-5-27-19-10-7-15(11-20(19)28-6-2)22(26)23-16-8-9-17-13(3)14(4)21(25)24-18(17)12-16/h7-12H,5-6H2,1-4H3,(H,23,26)(H,24,25). The number of aryl methyl sites for hydroxylation is 1. The summed E-state index contributed by atoms with van der Waals surface area (Å²) >= 11 is 0. The van der Waals surface area contributed by atoms with Crippen molar-refractivity contribution in [2.45, 2.75) is 27.7 Å². The van der Waals surface area contributed by atoms with Crippen LogP contribution in [0.5, 0.6) is 11.5 Å². The average Bonchev–Trinajstić information content (AvgIpc) is 2.68. The number of nitrogens with one attached hydrogen (secondary N) is 2. The van der Waals surface area contributed by atoms with E-state index in [1.165, 1.54) is 0 Å². The zero-order valence-electron chi connectivity index (χ0n) is 16.5. The van der Waals surface area contributed by atoms with Crippen molar-refractivity contribution in [3.63, 3.8) is 0 Å². The molecule has 1 aromatic heterocycles. The van der Waals surface area contributed by atoms with E-state index in [-0.39, 0.29) is 11.5 Å².